The Morgan fingerprint density at radius 1 is 0.650 bits per heavy atom. The van der Waals surface area contributed by atoms with E-state index >= 15 is 0 Å². The van der Waals surface area contributed by atoms with E-state index in [1.165, 1.54) is 35.2 Å². The lowest BCUT2D eigenvalue weighted by molar-refractivity contribution is -0.387. The summed E-state index contributed by atoms with van der Waals surface area (Å²) in [6.07, 6.45) is 1.50. The number of amides is 2. The summed E-state index contributed by atoms with van der Waals surface area (Å²) in [6.45, 7) is 22.2. The second-order valence-electron chi connectivity index (χ2n) is 23.7. The molecule has 28 heteroatoms. The van der Waals surface area contributed by atoms with E-state index in [2.05, 4.69) is 145 Å². The SMILES string of the molecule is CCCNCc1ccccc1.Cc1noc(C)c1-c1ccc2c(c1)N(Cc1ccccc1)CC(=O)N2.Cc1noc(C)c1B1OC(C)(C)C(C)(C)O1.O=C(O)CCc1cc(Br)ccc1[N+](=O)[O-].O=C1CN(Cc2ccccc2)c2cc(Br)ccc2N1.O=C=O.O=[N+]([O-])c1ccc(Br)cc1F. The highest BCUT2D eigenvalue weighted by atomic mass is 79.9. The van der Waals surface area contributed by atoms with E-state index in [1.54, 1.807) is 12.1 Å². The summed E-state index contributed by atoms with van der Waals surface area (Å²) in [5.74, 6) is -0.198. The number of nitrogens with zero attached hydrogens (tertiary/aromatic N) is 6. The quantitative estimate of drug-likeness (QED) is 0.0321. The Bertz CT molecular complexity index is 4220. The Balaban J connectivity index is 0.000000192. The van der Waals surface area contributed by atoms with Gasteiger partial charge < -0.3 is 49.2 Å². The number of aliphatic carboxylic acids is 1. The molecular weight excluding hydrogens is 1480 g/mol. The number of aromatic nitrogens is 2. The second kappa shape index (κ2) is 38.2. The monoisotopic (exact) mass is 1560 g/mol. The van der Waals surface area contributed by atoms with Crippen LogP contribution in [0.3, 0.4) is 0 Å². The lowest BCUT2D eigenvalue weighted by Crippen LogP contribution is -2.41. The lowest BCUT2D eigenvalue weighted by Gasteiger charge is -2.32. The zero-order valence-corrected chi connectivity index (χ0v) is 61.2. The van der Waals surface area contributed by atoms with Crippen molar-refractivity contribution in [3.05, 3.63) is 248 Å². The third kappa shape index (κ3) is 23.6. The van der Waals surface area contributed by atoms with Crippen LogP contribution in [0.2, 0.25) is 0 Å². The maximum absolute atomic E-state index is 12.6. The van der Waals surface area contributed by atoms with Gasteiger partial charge in [0.1, 0.15) is 11.5 Å². The summed E-state index contributed by atoms with van der Waals surface area (Å²) in [4.78, 5) is 74.0. The molecule has 2 aromatic heterocycles. The zero-order chi connectivity index (χ0) is 73.3. The molecule has 5 heterocycles. The second-order valence-corrected chi connectivity index (χ2v) is 26.5. The molecule has 12 rings (SSSR count). The van der Waals surface area contributed by atoms with Crippen LogP contribution in [0.25, 0.3) is 11.1 Å². The first kappa shape index (κ1) is 79.5. The number of carbonyl (C=O) groups excluding carboxylic acids is 4. The van der Waals surface area contributed by atoms with E-state index in [0.717, 1.165) is 98.5 Å². The molecule has 0 aliphatic carbocycles. The number of hydrogen-bond donors (Lipinski definition) is 4. The van der Waals surface area contributed by atoms with Crippen LogP contribution in [0.4, 0.5) is 38.5 Å². The predicted octanol–water partition coefficient (Wildman–Crippen LogP) is 15.4. The Morgan fingerprint density at radius 3 is 1.56 bits per heavy atom. The third-order valence-corrected chi connectivity index (χ3v) is 17.2. The lowest BCUT2D eigenvalue weighted by atomic mass is 9.77. The molecule has 0 unspecified atom stereocenters. The Hall–Kier alpha value is -9.54. The van der Waals surface area contributed by atoms with Crippen molar-refractivity contribution >= 4 is 118 Å². The Labute approximate surface area is 604 Å². The molecule has 0 saturated carbocycles. The minimum absolute atomic E-state index is 0.00789. The zero-order valence-electron chi connectivity index (χ0n) is 56.5. The molecule has 9 aromatic rings. The molecule has 0 atom stereocenters. The number of halogens is 4. The Kier molecular flexibility index (Phi) is 30.3. The van der Waals surface area contributed by atoms with E-state index in [-0.39, 0.29) is 54.8 Å². The smallest absolute Gasteiger partial charge is 0.481 e. The number of benzene rings is 7. The van der Waals surface area contributed by atoms with Crippen molar-refractivity contribution in [3.63, 3.8) is 0 Å². The van der Waals surface area contributed by atoms with Gasteiger partial charge in [-0.1, -0.05) is 162 Å². The van der Waals surface area contributed by atoms with Crippen LogP contribution in [0, 0.1) is 53.7 Å². The van der Waals surface area contributed by atoms with Crippen molar-refractivity contribution < 1.29 is 61.7 Å². The van der Waals surface area contributed by atoms with Gasteiger partial charge in [0.2, 0.25) is 17.6 Å². The molecule has 0 bridgehead atoms. The summed E-state index contributed by atoms with van der Waals surface area (Å²) >= 11 is 9.64. The first-order chi connectivity index (χ1) is 47.5. The fourth-order valence-electron chi connectivity index (χ4n) is 10.2. The molecule has 0 radical (unpaired) electrons. The molecule has 4 N–H and O–H groups in total. The summed E-state index contributed by atoms with van der Waals surface area (Å²) in [5.41, 5.74) is 11.4. The number of fused-ring (bicyclic) bond motifs is 2. The van der Waals surface area contributed by atoms with Gasteiger partial charge in [0.05, 0.1) is 68.3 Å². The number of carboxylic acids is 1. The maximum atomic E-state index is 12.6. The van der Waals surface area contributed by atoms with E-state index in [0.29, 0.717) is 34.1 Å². The molecule has 3 aliphatic heterocycles. The van der Waals surface area contributed by atoms with Gasteiger partial charge in [-0.3, -0.25) is 34.6 Å². The van der Waals surface area contributed by atoms with Crippen LogP contribution in [-0.2, 0) is 59.3 Å². The standard InChI is InChI=1S/C20H19N3O2.C15H13BrN2O.C11H18BNO3.C10H15N.C9H8BrNO4.C6H3BrFNO2.CO2/c1-13-20(14(2)25-22-13)16-8-9-17-18(10-16)23(12-19(24)21-17)11-15-6-4-3-5-7-15;16-12-6-7-13-14(8-12)18(10-15(19)17-13)9-11-4-2-1-3-5-11;1-7-9(8(2)14-13-7)12-15-10(3,4)11(5,6)16-12;1-2-8-11-9-10-6-4-3-5-7-10;10-7-2-3-8(11(14)15)6(5-7)1-4-9(12)13;7-4-1-2-6(9(10)11)5(8)3-4;2-1-3/h3-10H,11-12H2,1-2H3,(H,21,24);1-8H,9-10H2,(H,17,19);1-6H3;3-7,11H,2,8-9H2,1H3;2-3,5H,1,4H2,(H,12,13);1-3H;. The van der Waals surface area contributed by atoms with Crippen LogP contribution in [-0.4, -0.2) is 87.2 Å². The van der Waals surface area contributed by atoms with Gasteiger partial charge in [-0.15, -0.1) is 0 Å². The number of aryl methyl sites for hydroxylation is 5. The van der Waals surface area contributed by atoms with Crippen LogP contribution in [0.5, 0.6) is 0 Å². The van der Waals surface area contributed by atoms with E-state index in [1.807, 2.05) is 128 Å². The first-order valence-electron chi connectivity index (χ1n) is 31.4. The third-order valence-electron chi connectivity index (χ3n) is 15.7. The predicted molar refractivity (Wildman–Crippen MR) is 390 cm³/mol. The van der Waals surface area contributed by atoms with Gasteiger partial charge in [0, 0.05) is 68.2 Å². The fraction of sp³-hybridized carbons (Fsp3) is 0.278. The molecule has 0 spiro atoms. The highest BCUT2D eigenvalue weighted by Crippen LogP contribution is 2.39. The van der Waals surface area contributed by atoms with E-state index < -0.39 is 27.3 Å². The van der Waals surface area contributed by atoms with Crippen LogP contribution in [0.1, 0.15) is 92.6 Å². The number of anilines is 4. The minimum atomic E-state index is -0.968. The summed E-state index contributed by atoms with van der Waals surface area (Å²) in [6, 6.07) is 50.8. The topological polar surface area (TPSA) is 305 Å². The van der Waals surface area contributed by atoms with Gasteiger partial charge >= 0.3 is 24.9 Å². The average Bonchev–Trinajstić information content (AvgIpc) is 1.59. The van der Waals surface area contributed by atoms with Crippen molar-refractivity contribution in [2.45, 2.75) is 112 Å². The number of nitrogens with one attached hydrogen (secondary N) is 3. The minimum Gasteiger partial charge on any atom is -0.481 e. The van der Waals surface area contributed by atoms with Gasteiger partial charge in [0.25, 0.3) is 5.69 Å². The summed E-state index contributed by atoms with van der Waals surface area (Å²) < 4.78 is 37.2. The molecule has 7 aromatic carbocycles. The summed E-state index contributed by atoms with van der Waals surface area (Å²) in [7, 11) is -0.378. The first-order valence-corrected chi connectivity index (χ1v) is 33.7. The van der Waals surface area contributed by atoms with E-state index in [4.69, 9.17) is 33.1 Å². The molecule has 524 valence electrons. The largest absolute Gasteiger partial charge is 0.500 e. The van der Waals surface area contributed by atoms with Gasteiger partial charge in [-0.05, 0) is 152 Å². The molecule has 3 aliphatic rings. The van der Waals surface area contributed by atoms with Crippen LogP contribution >= 0.6 is 47.8 Å². The molecule has 100 heavy (non-hydrogen) atoms. The van der Waals surface area contributed by atoms with Gasteiger partial charge in [-0.2, -0.15) is 14.0 Å². The van der Waals surface area contributed by atoms with E-state index in [9.17, 15) is 39.0 Å². The molecular formula is C72H76BBr3FN9O14. The summed E-state index contributed by atoms with van der Waals surface area (Å²) in [5, 5.41) is 46.4. The highest BCUT2D eigenvalue weighted by molar-refractivity contribution is 9.11. The molecule has 2 amide bonds. The number of rotatable bonds is 15. The fourth-order valence-corrected chi connectivity index (χ4v) is 11.3. The van der Waals surface area contributed by atoms with Crippen molar-refractivity contribution in [1.29, 1.82) is 0 Å². The van der Waals surface area contributed by atoms with Crippen LogP contribution < -0.4 is 31.2 Å². The number of nitro benzene ring substituents is 2. The van der Waals surface area contributed by atoms with Crippen LogP contribution in [0.15, 0.2) is 186 Å². The maximum Gasteiger partial charge on any atom is 0.500 e. The molecule has 1 saturated heterocycles. The van der Waals surface area contributed by atoms with Crippen molar-refractivity contribution in [3.8, 4) is 11.1 Å². The number of nitro groups is 2. The van der Waals surface area contributed by atoms with Crippen molar-refractivity contribution in [1.82, 2.24) is 15.6 Å². The number of carbonyl (C=O) groups is 3. The number of hydrogen-bond acceptors (Lipinski definition) is 18. The normalized spacial score (nSPS) is 13.4. The van der Waals surface area contributed by atoms with Gasteiger partial charge in [-0.25, -0.2) is 0 Å². The highest BCUT2D eigenvalue weighted by Gasteiger charge is 2.53. The average molecular weight is 1560 g/mol. The van der Waals surface area contributed by atoms with Crippen molar-refractivity contribution in [2.24, 2.45) is 0 Å². The van der Waals surface area contributed by atoms with Gasteiger partial charge in [0.15, 0.2) is 0 Å². The Morgan fingerprint density at radius 2 is 1.10 bits per heavy atom. The number of carboxylic acid groups (broad SMARTS) is 1. The molecule has 23 nitrogen and oxygen atoms in total. The molecule has 1 fully saturated rings. The van der Waals surface area contributed by atoms with Crippen molar-refractivity contribution in [2.75, 3.05) is 40.1 Å².